The number of hydrogen-bond acceptors (Lipinski definition) is 4. The summed E-state index contributed by atoms with van der Waals surface area (Å²) < 4.78 is 27.9. The van der Waals surface area contributed by atoms with Gasteiger partial charge in [0.25, 0.3) is 10.0 Å². The first-order valence-corrected chi connectivity index (χ1v) is 11.4. The van der Waals surface area contributed by atoms with E-state index < -0.39 is 26.9 Å². The molecule has 6 nitrogen and oxygen atoms in total. The lowest BCUT2D eigenvalue weighted by Crippen LogP contribution is -2.45. The average molecular weight is 505 g/mol. The second kappa shape index (κ2) is 8.41. The van der Waals surface area contributed by atoms with Gasteiger partial charge in [-0.25, -0.2) is 22.9 Å². The molecule has 148 valence electrons. The summed E-state index contributed by atoms with van der Waals surface area (Å²) in [6.45, 7) is 1.84. The summed E-state index contributed by atoms with van der Waals surface area (Å²) in [7, 11) is -4.05. The number of sulfonamides is 1. The van der Waals surface area contributed by atoms with Crippen LogP contribution in [0.25, 0.3) is 0 Å². The topological polar surface area (TPSA) is 78.8 Å². The lowest BCUT2D eigenvalue weighted by Gasteiger charge is -2.22. The number of carbonyl (C=O) groups excluding carboxylic acids is 1. The summed E-state index contributed by atoms with van der Waals surface area (Å²) in [6, 6.07) is 11.9. The minimum atomic E-state index is -4.05. The van der Waals surface area contributed by atoms with Gasteiger partial charge in [0.1, 0.15) is 4.84 Å². The van der Waals surface area contributed by atoms with E-state index in [1.165, 1.54) is 12.1 Å². The van der Waals surface area contributed by atoms with Crippen LogP contribution in [0.2, 0.25) is 0 Å². The molecule has 2 aromatic rings. The molecule has 0 saturated carbocycles. The molecule has 0 aliphatic carbocycles. The van der Waals surface area contributed by atoms with Crippen LogP contribution in [0.1, 0.15) is 17.5 Å². The molecule has 2 amide bonds. The number of benzene rings is 2. The predicted octanol–water partition coefficient (Wildman–Crippen LogP) is 4.44. The molecule has 3 rings (SSSR count). The van der Waals surface area contributed by atoms with Crippen LogP contribution in [0.5, 0.6) is 0 Å². The fourth-order valence-electron chi connectivity index (χ4n) is 2.68. The number of urea groups is 1. The summed E-state index contributed by atoms with van der Waals surface area (Å²) in [4.78, 5) is 11.7. The highest BCUT2D eigenvalue weighted by Gasteiger charge is 2.37. The third-order valence-electron chi connectivity index (χ3n) is 4.17. The molecule has 1 heterocycles. The molecule has 0 aromatic heterocycles. The van der Waals surface area contributed by atoms with Crippen LogP contribution in [0.4, 0.5) is 4.79 Å². The van der Waals surface area contributed by atoms with Crippen LogP contribution in [0.15, 0.2) is 63.0 Å². The molecule has 0 bridgehead atoms. The number of hydrazone groups is 1. The van der Waals surface area contributed by atoms with Gasteiger partial charge in [0.2, 0.25) is 0 Å². The lowest BCUT2D eigenvalue weighted by atomic mass is 10.1. The molecule has 1 atom stereocenters. The Kier molecular flexibility index (Phi) is 6.34. The van der Waals surface area contributed by atoms with Crippen LogP contribution >= 0.6 is 39.1 Å². The quantitative estimate of drug-likeness (QED) is 0.625. The normalized spacial score (nSPS) is 17.0. The van der Waals surface area contributed by atoms with Crippen molar-refractivity contribution in [1.29, 1.82) is 0 Å². The highest BCUT2D eigenvalue weighted by Crippen LogP contribution is 2.28. The zero-order chi connectivity index (χ0) is 20.5. The molecule has 0 radical (unpaired) electrons. The Labute approximate surface area is 181 Å². The number of halogens is 3. The highest BCUT2D eigenvalue weighted by molar-refractivity contribution is 9.10. The highest BCUT2D eigenvalue weighted by atomic mass is 79.9. The van der Waals surface area contributed by atoms with Crippen molar-refractivity contribution in [1.82, 2.24) is 9.73 Å². The summed E-state index contributed by atoms with van der Waals surface area (Å²) in [5.41, 5.74) is 2.28. The van der Waals surface area contributed by atoms with E-state index in [2.05, 4.69) is 21.0 Å². The molecule has 10 heteroatoms. The number of nitrogens with one attached hydrogen (secondary N) is 1. The molecule has 2 aromatic carbocycles. The van der Waals surface area contributed by atoms with Crippen LogP contribution in [0, 0.1) is 6.92 Å². The minimum Gasteiger partial charge on any atom is -0.246 e. The van der Waals surface area contributed by atoms with Gasteiger partial charge in [-0.2, -0.15) is 5.10 Å². The van der Waals surface area contributed by atoms with Crippen molar-refractivity contribution < 1.29 is 13.2 Å². The minimum absolute atomic E-state index is 0.0207. The molecule has 1 aliphatic heterocycles. The molecular weight excluding hydrogens is 489 g/mol. The van der Waals surface area contributed by atoms with Crippen LogP contribution in [-0.2, 0) is 10.0 Å². The van der Waals surface area contributed by atoms with Crippen molar-refractivity contribution in [3.63, 3.8) is 0 Å². The molecule has 1 aliphatic rings. The van der Waals surface area contributed by atoms with Crippen molar-refractivity contribution in [2.75, 3.05) is 0 Å². The first-order chi connectivity index (χ1) is 13.2. The first kappa shape index (κ1) is 21.1. The van der Waals surface area contributed by atoms with Gasteiger partial charge in [0, 0.05) is 10.9 Å². The van der Waals surface area contributed by atoms with Gasteiger partial charge in [-0.1, -0.05) is 45.8 Å². The van der Waals surface area contributed by atoms with Crippen LogP contribution < -0.4 is 4.72 Å². The van der Waals surface area contributed by atoms with E-state index in [1.54, 1.807) is 12.1 Å². The number of nitrogens with zero attached hydrogens (tertiary/aromatic N) is 2. The van der Waals surface area contributed by atoms with E-state index in [-0.39, 0.29) is 4.90 Å². The van der Waals surface area contributed by atoms with Crippen molar-refractivity contribution in [2.45, 2.75) is 29.1 Å². The van der Waals surface area contributed by atoms with E-state index >= 15 is 0 Å². The second-order valence-electron chi connectivity index (χ2n) is 6.23. The van der Waals surface area contributed by atoms with Crippen LogP contribution in [0.3, 0.4) is 0 Å². The van der Waals surface area contributed by atoms with Gasteiger partial charge in [0.05, 0.1) is 16.6 Å². The maximum Gasteiger partial charge on any atom is 0.352 e. The van der Waals surface area contributed by atoms with Crippen molar-refractivity contribution in [3.05, 3.63) is 64.1 Å². The average Bonchev–Trinajstić information content (AvgIpc) is 3.08. The monoisotopic (exact) mass is 503 g/mol. The maximum atomic E-state index is 12.7. The van der Waals surface area contributed by atoms with E-state index in [4.69, 9.17) is 23.2 Å². The molecule has 1 unspecified atom stereocenters. The fourth-order valence-corrected chi connectivity index (χ4v) is 4.27. The SMILES string of the molecule is Cc1ccc(S(=O)(=O)NC(=O)N2N=C(c3ccc(Br)cc3)CC2C(Cl)Cl)cc1. The second-order valence-corrected chi connectivity index (χ2v) is 9.99. The maximum absolute atomic E-state index is 12.7. The predicted molar refractivity (Wildman–Crippen MR) is 113 cm³/mol. The third kappa shape index (κ3) is 4.68. The molecule has 0 fully saturated rings. The fraction of sp³-hybridized carbons (Fsp3) is 0.222. The van der Waals surface area contributed by atoms with Crippen molar-refractivity contribution >= 4 is 60.9 Å². The molecule has 1 N–H and O–H groups in total. The van der Waals surface area contributed by atoms with Crippen molar-refractivity contribution in [3.8, 4) is 0 Å². The number of alkyl halides is 2. The lowest BCUT2D eigenvalue weighted by molar-refractivity contribution is 0.194. The van der Waals surface area contributed by atoms with Gasteiger partial charge in [-0.3, -0.25) is 0 Å². The number of aryl methyl sites for hydroxylation is 1. The van der Waals surface area contributed by atoms with E-state index in [0.717, 1.165) is 20.6 Å². The summed E-state index contributed by atoms with van der Waals surface area (Å²) in [5.74, 6) is 0. The Morgan fingerprint density at radius 1 is 1.18 bits per heavy atom. The number of carbonyl (C=O) groups is 1. The number of rotatable bonds is 4. The van der Waals surface area contributed by atoms with E-state index in [1.807, 2.05) is 35.9 Å². The third-order valence-corrected chi connectivity index (χ3v) is 6.62. The summed E-state index contributed by atoms with van der Waals surface area (Å²) >= 11 is 15.4. The Bertz CT molecular complexity index is 1010. The van der Waals surface area contributed by atoms with Gasteiger partial charge in [-0.15, -0.1) is 23.2 Å². The zero-order valence-corrected chi connectivity index (χ0v) is 18.6. The Balaban J connectivity index is 1.85. The molecule has 0 spiro atoms. The molecular formula is C18H16BrCl2N3O3S. The zero-order valence-electron chi connectivity index (χ0n) is 14.6. The smallest absolute Gasteiger partial charge is 0.246 e. The summed E-state index contributed by atoms with van der Waals surface area (Å²) in [5, 5.41) is 5.27. The standard InChI is InChI=1S/C18H16BrCl2N3O3S/c1-11-2-8-14(9-3-11)28(26,27)23-18(25)24-16(17(20)21)10-15(22-24)12-4-6-13(19)7-5-12/h2-9,16-17H,10H2,1H3,(H,23,25). The number of amides is 2. The molecule has 28 heavy (non-hydrogen) atoms. The number of hydrogen-bond donors (Lipinski definition) is 1. The molecule has 0 saturated heterocycles. The first-order valence-electron chi connectivity index (χ1n) is 8.21. The van der Waals surface area contributed by atoms with Gasteiger partial charge in [0.15, 0.2) is 0 Å². The summed E-state index contributed by atoms with van der Waals surface area (Å²) in [6.07, 6.45) is 0.303. The largest absolute Gasteiger partial charge is 0.352 e. The Hall–Kier alpha value is -1.61. The van der Waals surface area contributed by atoms with Crippen LogP contribution in [-0.4, -0.2) is 36.0 Å². The van der Waals surface area contributed by atoms with Gasteiger partial charge >= 0.3 is 6.03 Å². The van der Waals surface area contributed by atoms with Gasteiger partial charge < -0.3 is 0 Å². The van der Waals surface area contributed by atoms with E-state index in [9.17, 15) is 13.2 Å². The Morgan fingerprint density at radius 3 is 2.36 bits per heavy atom. The Morgan fingerprint density at radius 2 is 1.79 bits per heavy atom. The van der Waals surface area contributed by atoms with Gasteiger partial charge in [-0.05, 0) is 36.8 Å². The van der Waals surface area contributed by atoms with E-state index in [0.29, 0.717) is 12.1 Å². The van der Waals surface area contributed by atoms with Crippen molar-refractivity contribution in [2.24, 2.45) is 5.10 Å².